The first-order valence-electron chi connectivity index (χ1n) is 7.05. The van der Waals surface area contributed by atoms with E-state index in [1.807, 2.05) is 11.8 Å². The maximum absolute atomic E-state index is 12.4. The fourth-order valence-corrected chi connectivity index (χ4v) is 3.17. The third-order valence-corrected chi connectivity index (χ3v) is 4.42. The molecule has 0 bridgehead atoms. The molecule has 7 nitrogen and oxygen atoms in total. The Morgan fingerprint density at radius 1 is 1.35 bits per heavy atom. The van der Waals surface area contributed by atoms with Crippen LogP contribution in [-0.4, -0.2) is 61.1 Å². The number of aliphatic hydroxyl groups is 1. The summed E-state index contributed by atoms with van der Waals surface area (Å²) < 4.78 is 1.52. The molecule has 0 saturated carbocycles. The molecule has 112 valence electrons. The fraction of sp³-hybridized carbons (Fsp3) is 0.833. The van der Waals surface area contributed by atoms with Crippen LogP contribution in [0.5, 0.6) is 0 Å². The molecular formula is C12H21N5O2S. The van der Waals surface area contributed by atoms with Gasteiger partial charge in [-0.2, -0.15) is 0 Å². The van der Waals surface area contributed by atoms with E-state index in [2.05, 4.69) is 15.5 Å². The van der Waals surface area contributed by atoms with Crippen molar-refractivity contribution < 1.29 is 9.90 Å². The maximum atomic E-state index is 12.4. The van der Waals surface area contributed by atoms with E-state index in [-0.39, 0.29) is 17.8 Å². The van der Waals surface area contributed by atoms with Crippen LogP contribution in [-0.2, 0) is 11.3 Å². The average molecular weight is 299 g/mol. The van der Waals surface area contributed by atoms with Gasteiger partial charge in [-0.1, -0.05) is 24.6 Å². The lowest BCUT2D eigenvalue weighted by atomic mass is 10.2. The van der Waals surface area contributed by atoms with E-state index in [4.69, 9.17) is 5.11 Å². The Hall–Kier alpha value is -1.15. The maximum Gasteiger partial charge on any atom is 0.235 e. The number of aliphatic hydroxyl groups excluding tert-OH is 1. The molecule has 2 rings (SSSR count). The van der Waals surface area contributed by atoms with Gasteiger partial charge in [0.2, 0.25) is 11.1 Å². The molecule has 8 heteroatoms. The highest BCUT2D eigenvalue weighted by Crippen LogP contribution is 2.23. The van der Waals surface area contributed by atoms with E-state index in [0.717, 1.165) is 25.9 Å². The lowest BCUT2D eigenvalue weighted by Gasteiger charge is -2.23. The molecule has 1 N–H and O–H groups in total. The Morgan fingerprint density at radius 2 is 2.05 bits per heavy atom. The molecule has 0 radical (unpaired) electrons. The number of carbonyl (C=O) groups excluding carboxylic acids is 1. The summed E-state index contributed by atoms with van der Waals surface area (Å²) in [5.74, 6) is 0.149. The van der Waals surface area contributed by atoms with E-state index in [0.29, 0.717) is 11.7 Å². The predicted octanol–water partition coefficient (Wildman–Crippen LogP) is 0.549. The normalized spacial score (nSPS) is 17.8. The van der Waals surface area contributed by atoms with Crippen molar-refractivity contribution >= 4 is 17.7 Å². The first kappa shape index (κ1) is 15.2. The Kier molecular flexibility index (Phi) is 5.78. The summed E-state index contributed by atoms with van der Waals surface area (Å²) in [6.45, 7) is 3.92. The van der Waals surface area contributed by atoms with Crippen molar-refractivity contribution in [1.82, 2.24) is 25.1 Å². The molecule has 1 fully saturated rings. The number of carbonyl (C=O) groups is 1. The molecule has 1 aliphatic heterocycles. The van der Waals surface area contributed by atoms with Crippen LogP contribution in [0.25, 0.3) is 0 Å². The van der Waals surface area contributed by atoms with Gasteiger partial charge >= 0.3 is 0 Å². The number of amides is 1. The minimum atomic E-state index is -0.212. The first-order chi connectivity index (χ1) is 9.72. The zero-order chi connectivity index (χ0) is 14.4. The number of hydrogen-bond donors (Lipinski definition) is 1. The van der Waals surface area contributed by atoms with Crippen LogP contribution < -0.4 is 0 Å². The fourth-order valence-electron chi connectivity index (χ4n) is 2.27. The second-order valence-corrected chi connectivity index (χ2v) is 6.22. The monoisotopic (exact) mass is 299 g/mol. The van der Waals surface area contributed by atoms with E-state index < -0.39 is 0 Å². The number of likely N-dealkylation sites (tertiary alicyclic amines) is 1. The Labute approximate surface area is 122 Å². The molecule has 1 saturated heterocycles. The van der Waals surface area contributed by atoms with Crippen molar-refractivity contribution in [3.63, 3.8) is 0 Å². The van der Waals surface area contributed by atoms with Crippen molar-refractivity contribution in [1.29, 1.82) is 0 Å². The smallest absolute Gasteiger partial charge is 0.235 e. The number of aromatic nitrogens is 4. The molecule has 1 aromatic rings. The van der Waals surface area contributed by atoms with Gasteiger partial charge in [-0.05, 0) is 30.2 Å². The summed E-state index contributed by atoms with van der Waals surface area (Å²) in [6.07, 6.45) is 4.59. The molecule has 2 heterocycles. The van der Waals surface area contributed by atoms with Gasteiger partial charge in [0.1, 0.15) is 0 Å². The zero-order valence-electron chi connectivity index (χ0n) is 11.7. The topological polar surface area (TPSA) is 84.1 Å². The summed E-state index contributed by atoms with van der Waals surface area (Å²) in [5.41, 5.74) is 0. The van der Waals surface area contributed by atoms with E-state index in [1.54, 1.807) is 0 Å². The van der Waals surface area contributed by atoms with E-state index in [9.17, 15) is 4.79 Å². The molecular weight excluding hydrogens is 278 g/mol. The second kappa shape index (κ2) is 7.58. The first-order valence-corrected chi connectivity index (χ1v) is 7.93. The van der Waals surface area contributed by atoms with Crippen LogP contribution in [0.15, 0.2) is 5.16 Å². The van der Waals surface area contributed by atoms with Gasteiger partial charge in [0.25, 0.3) is 0 Å². The number of thioether (sulfide) groups is 1. The van der Waals surface area contributed by atoms with Gasteiger partial charge < -0.3 is 10.0 Å². The molecule has 1 atom stereocenters. The van der Waals surface area contributed by atoms with Crippen LogP contribution in [0.3, 0.4) is 0 Å². The lowest BCUT2D eigenvalue weighted by molar-refractivity contribution is -0.130. The van der Waals surface area contributed by atoms with Crippen LogP contribution in [0.2, 0.25) is 0 Å². The number of hydrogen-bond acceptors (Lipinski definition) is 6. The van der Waals surface area contributed by atoms with Crippen molar-refractivity contribution in [2.45, 2.75) is 49.6 Å². The van der Waals surface area contributed by atoms with E-state index in [1.165, 1.54) is 29.3 Å². The molecule has 1 amide bonds. The lowest BCUT2D eigenvalue weighted by Crippen LogP contribution is -2.37. The highest BCUT2D eigenvalue weighted by Gasteiger charge is 2.24. The molecule has 1 unspecified atom stereocenters. The van der Waals surface area contributed by atoms with Crippen LogP contribution in [0.1, 0.15) is 32.6 Å². The summed E-state index contributed by atoms with van der Waals surface area (Å²) in [7, 11) is 0. The van der Waals surface area contributed by atoms with Gasteiger partial charge in [0, 0.05) is 13.1 Å². The zero-order valence-corrected chi connectivity index (χ0v) is 12.6. The van der Waals surface area contributed by atoms with Gasteiger partial charge in [-0.15, -0.1) is 5.10 Å². The van der Waals surface area contributed by atoms with Gasteiger partial charge in [-0.3, -0.25) is 4.79 Å². The van der Waals surface area contributed by atoms with Crippen molar-refractivity contribution in [2.75, 3.05) is 19.7 Å². The Balaban J connectivity index is 1.94. The number of tetrazole rings is 1. The highest BCUT2D eigenvalue weighted by molar-refractivity contribution is 8.00. The molecule has 20 heavy (non-hydrogen) atoms. The van der Waals surface area contributed by atoms with Gasteiger partial charge in [-0.25, -0.2) is 4.68 Å². The third kappa shape index (κ3) is 3.92. The minimum absolute atomic E-state index is 0.0208. The SMILES string of the molecule is CC(Sc1nnnn1CCO)C(=O)N1CCCCCC1. The van der Waals surface area contributed by atoms with Crippen molar-refractivity contribution in [3.8, 4) is 0 Å². The standard InChI is InChI=1S/C12H21N5O2S/c1-10(11(19)16-6-4-2-3-5-7-16)20-12-13-14-15-17(12)8-9-18/h10,18H,2-9H2,1H3. The third-order valence-electron chi connectivity index (χ3n) is 3.36. The predicted molar refractivity (Wildman–Crippen MR) is 75.3 cm³/mol. The molecule has 0 aliphatic carbocycles. The number of rotatable bonds is 5. The van der Waals surface area contributed by atoms with Crippen LogP contribution in [0, 0.1) is 0 Å². The minimum Gasteiger partial charge on any atom is -0.394 e. The summed E-state index contributed by atoms with van der Waals surface area (Å²) in [6, 6.07) is 0. The van der Waals surface area contributed by atoms with Gasteiger partial charge in [0.15, 0.2) is 0 Å². The average Bonchev–Trinajstić information content (AvgIpc) is 2.72. The molecule has 1 aromatic heterocycles. The summed E-state index contributed by atoms with van der Waals surface area (Å²) in [4.78, 5) is 14.4. The quantitative estimate of drug-likeness (QED) is 0.799. The Morgan fingerprint density at radius 3 is 2.70 bits per heavy atom. The Bertz CT molecular complexity index is 431. The highest BCUT2D eigenvalue weighted by atomic mass is 32.2. The van der Waals surface area contributed by atoms with Crippen molar-refractivity contribution in [2.24, 2.45) is 0 Å². The molecule has 0 spiro atoms. The number of nitrogens with zero attached hydrogens (tertiary/aromatic N) is 5. The van der Waals surface area contributed by atoms with Gasteiger partial charge in [0.05, 0.1) is 18.4 Å². The van der Waals surface area contributed by atoms with E-state index >= 15 is 0 Å². The van der Waals surface area contributed by atoms with Crippen molar-refractivity contribution in [3.05, 3.63) is 0 Å². The molecule has 0 aromatic carbocycles. The summed E-state index contributed by atoms with van der Waals surface area (Å²) in [5, 5.41) is 20.6. The second-order valence-electron chi connectivity index (χ2n) is 4.91. The molecule has 1 aliphatic rings. The van der Waals surface area contributed by atoms with Crippen LogP contribution in [0.4, 0.5) is 0 Å². The summed E-state index contributed by atoms with van der Waals surface area (Å²) >= 11 is 1.35. The largest absolute Gasteiger partial charge is 0.394 e. The van der Waals surface area contributed by atoms with Crippen LogP contribution >= 0.6 is 11.8 Å².